The van der Waals surface area contributed by atoms with E-state index in [1.807, 2.05) is 0 Å². The molecule has 1 atom stereocenters. The minimum absolute atomic E-state index is 0.128. The number of amides is 1. The van der Waals surface area contributed by atoms with Gasteiger partial charge in [-0.05, 0) is 35.3 Å². The van der Waals surface area contributed by atoms with Crippen molar-refractivity contribution in [2.75, 3.05) is 20.3 Å². The Hall–Kier alpha value is -1.35. The summed E-state index contributed by atoms with van der Waals surface area (Å²) in [5.74, 6) is 1.37. The van der Waals surface area contributed by atoms with Gasteiger partial charge in [0.1, 0.15) is 0 Å². The van der Waals surface area contributed by atoms with Gasteiger partial charge in [0, 0.05) is 26.7 Å². The molecule has 0 bridgehead atoms. The van der Waals surface area contributed by atoms with E-state index in [0.29, 0.717) is 31.4 Å². The van der Waals surface area contributed by atoms with Crippen molar-refractivity contribution >= 4 is 5.91 Å². The Kier molecular flexibility index (Phi) is 8.18. The average Bonchev–Trinajstić information content (AvgIpc) is 2.49. The highest BCUT2D eigenvalue weighted by Gasteiger charge is 2.19. The minimum Gasteiger partial charge on any atom is -0.385 e. The van der Waals surface area contributed by atoms with Crippen molar-refractivity contribution in [2.45, 2.75) is 52.4 Å². The molecule has 1 N–H and O–H groups in total. The van der Waals surface area contributed by atoms with E-state index in [9.17, 15) is 4.79 Å². The van der Waals surface area contributed by atoms with Gasteiger partial charge in [0.15, 0.2) is 0 Å². The SMILES string of the molecule is COCCCNC(=O)CC(c1ccc(C(C)C)cc1)C(C)C. The lowest BCUT2D eigenvalue weighted by Gasteiger charge is -2.21. The lowest BCUT2D eigenvalue weighted by Crippen LogP contribution is -2.27. The summed E-state index contributed by atoms with van der Waals surface area (Å²) in [5, 5.41) is 2.98. The zero-order chi connectivity index (χ0) is 16.5. The van der Waals surface area contributed by atoms with Gasteiger partial charge >= 0.3 is 0 Å². The largest absolute Gasteiger partial charge is 0.385 e. The van der Waals surface area contributed by atoms with E-state index >= 15 is 0 Å². The third-order valence-electron chi connectivity index (χ3n) is 4.09. The van der Waals surface area contributed by atoms with Crippen molar-refractivity contribution in [3.05, 3.63) is 35.4 Å². The van der Waals surface area contributed by atoms with Crippen LogP contribution in [0.25, 0.3) is 0 Å². The highest BCUT2D eigenvalue weighted by molar-refractivity contribution is 5.76. The fraction of sp³-hybridized carbons (Fsp3) is 0.632. The first kappa shape index (κ1) is 18.7. The number of carbonyl (C=O) groups excluding carboxylic acids is 1. The number of carbonyl (C=O) groups is 1. The maximum absolute atomic E-state index is 12.1. The lowest BCUT2D eigenvalue weighted by atomic mass is 9.84. The molecule has 3 nitrogen and oxygen atoms in total. The third kappa shape index (κ3) is 6.18. The summed E-state index contributed by atoms with van der Waals surface area (Å²) in [6, 6.07) is 8.73. The number of benzene rings is 1. The molecule has 1 rings (SSSR count). The summed E-state index contributed by atoms with van der Waals surface area (Å²) in [6.07, 6.45) is 1.41. The van der Waals surface area contributed by atoms with Gasteiger partial charge in [-0.1, -0.05) is 52.0 Å². The Labute approximate surface area is 135 Å². The van der Waals surface area contributed by atoms with Crippen molar-refractivity contribution in [3.63, 3.8) is 0 Å². The van der Waals surface area contributed by atoms with Crippen molar-refractivity contribution in [2.24, 2.45) is 5.92 Å². The standard InChI is InChI=1S/C19H31NO2/c1-14(2)16-7-9-17(10-8-16)18(15(3)4)13-19(21)20-11-6-12-22-5/h7-10,14-15,18H,6,11-13H2,1-5H3,(H,20,21). The normalized spacial score (nSPS) is 12.7. The quantitative estimate of drug-likeness (QED) is 0.698. The summed E-state index contributed by atoms with van der Waals surface area (Å²) in [5.41, 5.74) is 2.60. The molecule has 0 aromatic heterocycles. The van der Waals surface area contributed by atoms with Crippen LogP contribution in [0.1, 0.15) is 63.5 Å². The number of ether oxygens (including phenoxy) is 1. The van der Waals surface area contributed by atoms with Crippen LogP contribution in [0.2, 0.25) is 0 Å². The highest BCUT2D eigenvalue weighted by atomic mass is 16.5. The molecule has 1 unspecified atom stereocenters. The van der Waals surface area contributed by atoms with Crippen LogP contribution in [0.5, 0.6) is 0 Å². The third-order valence-corrected chi connectivity index (χ3v) is 4.09. The van der Waals surface area contributed by atoms with Gasteiger partial charge in [0.25, 0.3) is 0 Å². The maximum atomic E-state index is 12.1. The Morgan fingerprint density at radius 2 is 1.68 bits per heavy atom. The molecule has 0 radical (unpaired) electrons. The number of rotatable bonds is 9. The van der Waals surface area contributed by atoms with Gasteiger partial charge in [-0.25, -0.2) is 0 Å². The maximum Gasteiger partial charge on any atom is 0.220 e. The predicted molar refractivity (Wildman–Crippen MR) is 92.2 cm³/mol. The summed E-state index contributed by atoms with van der Waals surface area (Å²) < 4.78 is 4.99. The number of hydrogen-bond donors (Lipinski definition) is 1. The first-order valence-corrected chi connectivity index (χ1v) is 8.31. The molecule has 0 aliphatic rings. The molecule has 0 fully saturated rings. The molecule has 124 valence electrons. The zero-order valence-electron chi connectivity index (χ0n) is 14.7. The van der Waals surface area contributed by atoms with Gasteiger partial charge in [-0.3, -0.25) is 4.79 Å². The second kappa shape index (κ2) is 9.62. The molecule has 0 spiro atoms. The van der Waals surface area contributed by atoms with Crippen LogP contribution in [0.4, 0.5) is 0 Å². The van der Waals surface area contributed by atoms with E-state index in [-0.39, 0.29) is 11.8 Å². The molecule has 0 saturated heterocycles. The molecule has 3 heteroatoms. The minimum atomic E-state index is 0.128. The molecular weight excluding hydrogens is 274 g/mol. The molecule has 0 heterocycles. The van der Waals surface area contributed by atoms with Crippen LogP contribution < -0.4 is 5.32 Å². The number of methoxy groups -OCH3 is 1. The summed E-state index contributed by atoms with van der Waals surface area (Å²) in [6.45, 7) is 10.1. The van der Waals surface area contributed by atoms with E-state index in [4.69, 9.17) is 4.74 Å². The van der Waals surface area contributed by atoms with Crippen LogP contribution in [0.15, 0.2) is 24.3 Å². The van der Waals surface area contributed by atoms with Crippen molar-refractivity contribution in [1.82, 2.24) is 5.32 Å². The summed E-state index contributed by atoms with van der Waals surface area (Å²) in [4.78, 5) is 12.1. The van der Waals surface area contributed by atoms with Gasteiger partial charge in [0.2, 0.25) is 5.91 Å². The van der Waals surface area contributed by atoms with Gasteiger partial charge in [-0.2, -0.15) is 0 Å². The fourth-order valence-electron chi connectivity index (χ4n) is 2.58. The molecule has 0 aliphatic heterocycles. The molecule has 1 amide bonds. The van der Waals surface area contributed by atoms with Crippen LogP contribution >= 0.6 is 0 Å². The Balaban J connectivity index is 2.63. The summed E-state index contributed by atoms with van der Waals surface area (Å²) >= 11 is 0. The monoisotopic (exact) mass is 305 g/mol. The smallest absolute Gasteiger partial charge is 0.220 e. The first-order chi connectivity index (χ1) is 10.5. The van der Waals surface area contributed by atoms with E-state index in [0.717, 1.165) is 6.42 Å². The van der Waals surface area contributed by atoms with Crippen molar-refractivity contribution in [3.8, 4) is 0 Å². The van der Waals surface area contributed by atoms with E-state index in [1.165, 1.54) is 11.1 Å². The van der Waals surface area contributed by atoms with Crippen LogP contribution in [-0.2, 0) is 9.53 Å². The van der Waals surface area contributed by atoms with E-state index in [2.05, 4.69) is 57.3 Å². The lowest BCUT2D eigenvalue weighted by molar-refractivity contribution is -0.121. The molecular formula is C19H31NO2. The van der Waals surface area contributed by atoms with Crippen LogP contribution in [0.3, 0.4) is 0 Å². The highest BCUT2D eigenvalue weighted by Crippen LogP contribution is 2.29. The molecule has 0 aliphatic carbocycles. The zero-order valence-corrected chi connectivity index (χ0v) is 14.7. The topological polar surface area (TPSA) is 38.3 Å². The van der Waals surface area contributed by atoms with E-state index < -0.39 is 0 Å². The van der Waals surface area contributed by atoms with Crippen molar-refractivity contribution in [1.29, 1.82) is 0 Å². The molecule has 0 saturated carbocycles. The second-order valence-electron chi connectivity index (χ2n) is 6.57. The Morgan fingerprint density at radius 1 is 1.09 bits per heavy atom. The van der Waals surface area contributed by atoms with Gasteiger partial charge in [0.05, 0.1) is 0 Å². The first-order valence-electron chi connectivity index (χ1n) is 8.31. The second-order valence-corrected chi connectivity index (χ2v) is 6.57. The van der Waals surface area contributed by atoms with Gasteiger partial charge < -0.3 is 10.1 Å². The van der Waals surface area contributed by atoms with Gasteiger partial charge in [-0.15, -0.1) is 0 Å². The Morgan fingerprint density at radius 3 is 2.18 bits per heavy atom. The molecule has 1 aromatic rings. The number of hydrogen-bond acceptors (Lipinski definition) is 2. The van der Waals surface area contributed by atoms with Crippen molar-refractivity contribution < 1.29 is 9.53 Å². The Bertz CT molecular complexity index is 437. The summed E-state index contributed by atoms with van der Waals surface area (Å²) in [7, 11) is 1.68. The van der Waals surface area contributed by atoms with Crippen LogP contribution in [0, 0.1) is 5.92 Å². The molecule has 1 aromatic carbocycles. The van der Waals surface area contributed by atoms with E-state index in [1.54, 1.807) is 7.11 Å². The molecule has 22 heavy (non-hydrogen) atoms. The van der Waals surface area contributed by atoms with Crippen LogP contribution in [-0.4, -0.2) is 26.2 Å². The number of nitrogens with one attached hydrogen (secondary N) is 1. The predicted octanol–water partition coefficient (Wildman–Crippen LogP) is 4.09. The fourth-order valence-corrected chi connectivity index (χ4v) is 2.58. The average molecular weight is 305 g/mol.